The van der Waals surface area contributed by atoms with Crippen molar-refractivity contribution in [1.29, 1.82) is 0 Å². The molecule has 2 aromatic rings. The number of nitrogen functional groups attached to an aromatic ring is 1. The van der Waals surface area contributed by atoms with Gasteiger partial charge in [0, 0.05) is 17.9 Å². The lowest BCUT2D eigenvalue weighted by atomic mass is 10.1. The number of carboxylic acid groups (broad SMARTS) is 1. The van der Waals surface area contributed by atoms with E-state index in [0.29, 0.717) is 6.61 Å². The Balaban J connectivity index is 1.74. The van der Waals surface area contributed by atoms with Gasteiger partial charge in [-0.05, 0) is 36.8 Å². The predicted octanol–water partition coefficient (Wildman–Crippen LogP) is 2.85. The van der Waals surface area contributed by atoms with Crippen LogP contribution in [0.2, 0.25) is 0 Å². The topological polar surface area (TPSA) is 84.6 Å². The highest BCUT2D eigenvalue weighted by molar-refractivity contribution is 5.94. The van der Waals surface area contributed by atoms with Crippen molar-refractivity contribution in [2.45, 2.75) is 6.42 Å². The van der Waals surface area contributed by atoms with Gasteiger partial charge in [-0.15, -0.1) is 0 Å². The minimum absolute atomic E-state index is 0.118. The first kappa shape index (κ1) is 14.7. The van der Waals surface area contributed by atoms with Gasteiger partial charge < -0.3 is 20.9 Å². The fraction of sp³-hybridized carbons (Fsp3) is 0.188. The van der Waals surface area contributed by atoms with E-state index in [1.54, 1.807) is 12.1 Å². The molecule has 0 aromatic heterocycles. The number of benzene rings is 2. The van der Waals surface area contributed by atoms with Crippen LogP contribution in [-0.4, -0.2) is 24.2 Å². The molecule has 0 heterocycles. The first-order valence-electron chi connectivity index (χ1n) is 6.71. The molecule has 0 bridgehead atoms. The fourth-order valence-electron chi connectivity index (χ4n) is 1.88. The molecule has 5 heteroatoms. The summed E-state index contributed by atoms with van der Waals surface area (Å²) in [6.07, 6.45) is 0.829. The van der Waals surface area contributed by atoms with Crippen molar-refractivity contribution in [2.75, 3.05) is 24.2 Å². The second kappa shape index (κ2) is 7.19. The monoisotopic (exact) mass is 286 g/mol. The zero-order valence-electron chi connectivity index (χ0n) is 11.6. The van der Waals surface area contributed by atoms with Crippen LogP contribution < -0.4 is 15.8 Å². The average molecular weight is 286 g/mol. The third-order valence-corrected chi connectivity index (χ3v) is 2.94. The van der Waals surface area contributed by atoms with E-state index in [-0.39, 0.29) is 11.3 Å². The van der Waals surface area contributed by atoms with E-state index in [4.69, 9.17) is 15.6 Å². The first-order chi connectivity index (χ1) is 10.2. The van der Waals surface area contributed by atoms with Crippen molar-refractivity contribution in [1.82, 2.24) is 0 Å². The number of nitrogens with two attached hydrogens (primary N) is 1. The largest absolute Gasteiger partial charge is 0.494 e. The Morgan fingerprint density at radius 3 is 2.62 bits per heavy atom. The van der Waals surface area contributed by atoms with Gasteiger partial charge in [0.15, 0.2) is 0 Å². The summed E-state index contributed by atoms with van der Waals surface area (Å²) in [5.41, 5.74) is 6.86. The van der Waals surface area contributed by atoms with Crippen LogP contribution in [-0.2, 0) is 0 Å². The molecule has 0 spiro atoms. The third kappa shape index (κ3) is 4.42. The maximum atomic E-state index is 10.9. The van der Waals surface area contributed by atoms with Crippen LogP contribution in [0.1, 0.15) is 16.8 Å². The van der Waals surface area contributed by atoms with Gasteiger partial charge in [0.2, 0.25) is 0 Å². The van der Waals surface area contributed by atoms with Crippen molar-refractivity contribution in [3.05, 3.63) is 54.1 Å². The number of aromatic carboxylic acids is 1. The summed E-state index contributed by atoms with van der Waals surface area (Å²) in [4.78, 5) is 10.9. The molecule has 110 valence electrons. The number of para-hydroxylation sites is 1. The van der Waals surface area contributed by atoms with Gasteiger partial charge in [-0.1, -0.05) is 18.2 Å². The molecular formula is C16H18N2O3. The van der Waals surface area contributed by atoms with E-state index in [9.17, 15) is 4.79 Å². The standard InChI is InChI=1S/C16H18N2O3/c17-15-11-12(7-8-14(15)16(19)20)18-9-4-10-21-13-5-2-1-3-6-13/h1-3,5-8,11,18H,4,9-10,17H2,(H,19,20). The normalized spacial score (nSPS) is 10.1. The Kier molecular flexibility index (Phi) is 5.04. The first-order valence-corrected chi connectivity index (χ1v) is 6.71. The van der Waals surface area contributed by atoms with Gasteiger partial charge in [-0.2, -0.15) is 0 Å². The number of rotatable bonds is 7. The van der Waals surface area contributed by atoms with Crippen LogP contribution in [0, 0.1) is 0 Å². The number of ether oxygens (including phenoxy) is 1. The van der Waals surface area contributed by atoms with Crippen molar-refractivity contribution in [3.8, 4) is 5.75 Å². The number of carbonyl (C=O) groups is 1. The number of nitrogens with one attached hydrogen (secondary N) is 1. The summed E-state index contributed by atoms with van der Waals surface area (Å²) in [7, 11) is 0. The zero-order chi connectivity index (χ0) is 15.1. The van der Waals surface area contributed by atoms with E-state index >= 15 is 0 Å². The van der Waals surface area contributed by atoms with E-state index in [2.05, 4.69) is 5.32 Å². The molecule has 2 aromatic carbocycles. The van der Waals surface area contributed by atoms with Gasteiger partial charge in [0.05, 0.1) is 12.2 Å². The Morgan fingerprint density at radius 2 is 1.95 bits per heavy atom. The summed E-state index contributed by atoms with van der Waals surface area (Å²) in [5.74, 6) is -0.164. The van der Waals surface area contributed by atoms with Crippen molar-refractivity contribution < 1.29 is 14.6 Å². The smallest absolute Gasteiger partial charge is 0.337 e. The lowest BCUT2D eigenvalue weighted by Gasteiger charge is -2.09. The summed E-state index contributed by atoms with van der Waals surface area (Å²) < 4.78 is 5.58. The number of carboxylic acids is 1. The van der Waals surface area contributed by atoms with Crippen molar-refractivity contribution in [3.63, 3.8) is 0 Å². The molecular weight excluding hydrogens is 268 g/mol. The van der Waals surface area contributed by atoms with Gasteiger partial charge in [-0.3, -0.25) is 0 Å². The maximum Gasteiger partial charge on any atom is 0.337 e. The van der Waals surface area contributed by atoms with Crippen LogP contribution in [0.5, 0.6) is 5.75 Å². The van der Waals surface area contributed by atoms with Crippen LogP contribution in [0.15, 0.2) is 48.5 Å². The molecule has 0 unspecified atom stereocenters. The summed E-state index contributed by atoms with van der Waals surface area (Å²) in [6.45, 7) is 1.33. The lowest BCUT2D eigenvalue weighted by molar-refractivity contribution is 0.0698. The number of hydrogen-bond donors (Lipinski definition) is 3. The third-order valence-electron chi connectivity index (χ3n) is 2.94. The van der Waals surface area contributed by atoms with Gasteiger partial charge in [0.1, 0.15) is 5.75 Å². The van der Waals surface area contributed by atoms with Crippen molar-refractivity contribution >= 4 is 17.3 Å². The van der Waals surface area contributed by atoms with Crippen LogP contribution >= 0.6 is 0 Å². The molecule has 0 atom stereocenters. The Hall–Kier alpha value is -2.69. The minimum atomic E-state index is -1.02. The Labute approximate surface area is 123 Å². The van der Waals surface area contributed by atoms with Crippen LogP contribution in [0.25, 0.3) is 0 Å². The Morgan fingerprint density at radius 1 is 1.19 bits per heavy atom. The summed E-state index contributed by atoms with van der Waals surface area (Å²) in [5, 5.41) is 12.1. The molecule has 21 heavy (non-hydrogen) atoms. The number of hydrogen-bond acceptors (Lipinski definition) is 4. The highest BCUT2D eigenvalue weighted by atomic mass is 16.5. The second-order valence-electron chi connectivity index (χ2n) is 4.55. The van der Waals surface area contributed by atoms with E-state index in [1.165, 1.54) is 6.07 Å². The minimum Gasteiger partial charge on any atom is -0.494 e. The lowest BCUT2D eigenvalue weighted by Crippen LogP contribution is -2.08. The summed E-state index contributed by atoms with van der Waals surface area (Å²) >= 11 is 0. The second-order valence-corrected chi connectivity index (χ2v) is 4.55. The molecule has 4 N–H and O–H groups in total. The van der Waals surface area contributed by atoms with Crippen molar-refractivity contribution in [2.24, 2.45) is 0 Å². The fourth-order valence-corrected chi connectivity index (χ4v) is 1.88. The average Bonchev–Trinajstić information content (AvgIpc) is 2.47. The van der Waals surface area contributed by atoms with E-state index in [0.717, 1.165) is 24.4 Å². The molecule has 2 rings (SSSR count). The highest BCUT2D eigenvalue weighted by Gasteiger charge is 2.07. The van der Waals surface area contributed by atoms with Gasteiger partial charge in [0.25, 0.3) is 0 Å². The molecule has 0 aliphatic heterocycles. The molecule has 5 nitrogen and oxygen atoms in total. The van der Waals surface area contributed by atoms with Crippen LogP contribution in [0.3, 0.4) is 0 Å². The SMILES string of the molecule is Nc1cc(NCCCOc2ccccc2)ccc1C(=O)O. The molecule has 0 amide bonds. The Bertz CT molecular complexity index is 600. The highest BCUT2D eigenvalue weighted by Crippen LogP contribution is 2.18. The zero-order valence-corrected chi connectivity index (χ0v) is 11.6. The molecule has 0 saturated heterocycles. The number of anilines is 2. The van der Waals surface area contributed by atoms with E-state index in [1.807, 2.05) is 30.3 Å². The van der Waals surface area contributed by atoms with E-state index < -0.39 is 5.97 Å². The molecule has 0 fully saturated rings. The van der Waals surface area contributed by atoms with Crippen LogP contribution in [0.4, 0.5) is 11.4 Å². The summed E-state index contributed by atoms with van der Waals surface area (Å²) in [6, 6.07) is 14.5. The predicted molar refractivity (Wildman–Crippen MR) is 82.9 cm³/mol. The molecule has 0 radical (unpaired) electrons. The van der Waals surface area contributed by atoms with Gasteiger partial charge in [-0.25, -0.2) is 4.79 Å². The quantitative estimate of drug-likeness (QED) is 0.538. The van der Waals surface area contributed by atoms with Gasteiger partial charge >= 0.3 is 5.97 Å². The molecule has 0 saturated carbocycles. The molecule has 0 aliphatic rings. The molecule has 0 aliphatic carbocycles. The maximum absolute atomic E-state index is 10.9.